The van der Waals surface area contributed by atoms with Gasteiger partial charge in [-0.3, -0.25) is 0 Å². The third kappa shape index (κ3) is 4.37. The fourth-order valence-electron chi connectivity index (χ4n) is 2.50. The fourth-order valence-corrected chi connectivity index (χ4v) is 2.50. The number of allylic oxidation sites excluding steroid dienone is 5. The lowest BCUT2D eigenvalue weighted by molar-refractivity contribution is 0.515. The summed E-state index contributed by atoms with van der Waals surface area (Å²) in [5.74, 6) is 0. The zero-order valence-electron chi connectivity index (χ0n) is 14.8. The summed E-state index contributed by atoms with van der Waals surface area (Å²) < 4.78 is 0. The molecule has 0 atom stereocenters. The van der Waals surface area contributed by atoms with Crippen LogP contribution < -0.4 is 5.32 Å². The van der Waals surface area contributed by atoms with E-state index in [4.69, 9.17) is 0 Å². The molecule has 0 heterocycles. The van der Waals surface area contributed by atoms with E-state index in [1.807, 2.05) is 0 Å². The van der Waals surface area contributed by atoms with E-state index in [-0.39, 0.29) is 10.8 Å². The van der Waals surface area contributed by atoms with Crippen LogP contribution in [0.15, 0.2) is 59.8 Å². The number of hydrogen-bond donors (Lipinski definition) is 1. The largest absolute Gasteiger partial charge is 0.356 e. The van der Waals surface area contributed by atoms with Crippen molar-refractivity contribution in [3.8, 4) is 0 Å². The predicted molar refractivity (Wildman–Crippen MR) is 98.1 cm³/mol. The molecule has 118 valence electrons. The van der Waals surface area contributed by atoms with Gasteiger partial charge in [0.15, 0.2) is 0 Å². The van der Waals surface area contributed by atoms with E-state index < -0.39 is 0 Å². The summed E-state index contributed by atoms with van der Waals surface area (Å²) in [4.78, 5) is 0. The molecular formula is C21H29N. The minimum Gasteiger partial charge on any atom is -0.356 e. The summed E-state index contributed by atoms with van der Waals surface area (Å²) in [5, 5.41) is 3.51. The summed E-state index contributed by atoms with van der Waals surface area (Å²) in [7, 11) is 0. The van der Waals surface area contributed by atoms with Gasteiger partial charge in [-0.1, -0.05) is 71.9 Å². The van der Waals surface area contributed by atoms with Crippen molar-refractivity contribution in [1.29, 1.82) is 0 Å². The molecule has 1 aromatic carbocycles. The third-order valence-corrected chi connectivity index (χ3v) is 4.02. The van der Waals surface area contributed by atoms with Gasteiger partial charge < -0.3 is 5.32 Å². The van der Waals surface area contributed by atoms with Gasteiger partial charge in [0.25, 0.3) is 0 Å². The van der Waals surface area contributed by atoms with Crippen LogP contribution in [0, 0.1) is 5.41 Å². The molecule has 1 N–H and O–H groups in total. The topological polar surface area (TPSA) is 12.0 Å². The van der Waals surface area contributed by atoms with Gasteiger partial charge in [0.05, 0.1) is 0 Å². The highest BCUT2D eigenvalue weighted by Crippen LogP contribution is 2.29. The van der Waals surface area contributed by atoms with Gasteiger partial charge >= 0.3 is 0 Å². The Morgan fingerprint density at radius 1 is 0.773 bits per heavy atom. The highest BCUT2D eigenvalue weighted by atomic mass is 14.9. The van der Waals surface area contributed by atoms with E-state index in [1.54, 1.807) is 0 Å². The van der Waals surface area contributed by atoms with Gasteiger partial charge in [0.2, 0.25) is 0 Å². The molecular weight excluding hydrogens is 266 g/mol. The van der Waals surface area contributed by atoms with Crippen LogP contribution in [-0.2, 0) is 5.41 Å². The molecule has 0 fully saturated rings. The van der Waals surface area contributed by atoms with Gasteiger partial charge in [0, 0.05) is 11.4 Å². The van der Waals surface area contributed by atoms with Crippen molar-refractivity contribution in [3.05, 3.63) is 65.4 Å². The Bertz CT molecular complexity index is 599. The van der Waals surface area contributed by atoms with Crippen molar-refractivity contribution in [2.75, 3.05) is 5.32 Å². The zero-order chi connectivity index (χ0) is 16.4. The number of rotatable bonds is 2. The van der Waals surface area contributed by atoms with Crippen LogP contribution in [0.25, 0.3) is 0 Å². The van der Waals surface area contributed by atoms with Gasteiger partial charge in [-0.05, 0) is 46.6 Å². The standard InChI is InChI=1S/C21H29N/c1-20(2,3)16-8-7-9-18(13-10-16)22-19-14-11-17(12-15-19)21(4,5)6/h8-15,22H,7H2,1-6H3. The minimum absolute atomic E-state index is 0.200. The zero-order valence-corrected chi connectivity index (χ0v) is 14.8. The Hall–Kier alpha value is -1.76. The van der Waals surface area contributed by atoms with Crippen molar-refractivity contribution in [3.63, 3.8) is 0 Å². The molecule has 0 spiro atoms. The van der Waals surface area contributed by atoms with Crippen molar-refractivity contribution < 1.29 is 0 Å². The molecule has 1 aromatic rings. The second-order valence-electron chi connectivity index (χ2n) is 8.09. The Labute approximate surface area is 135 Å². The summed E-state index contributed by atoms with van der Waals surface area (Å²) in [6.07, 6.45) is 9.94. The van der Waals surface area contributed by atoms with Crippen molar-refractivity contribution in [1.82, 2.24) is 0 Å². The Balaban J connectivity index is 2.08. The van der Waals surface area contributed by atoms with E-state index in [2.05, 4.69) is 95.4 Å². The Morgan fingerprint density at radius 2 is 1.41 bits per heavy atom. The second kappa shape index (κ2) is 6.16. The molecule has 22 heavy (non-hydrogen) atoms. The molecule has 0 aliphatic heterocycles. The van der Waals surface area contributed by atoms with E-state index in [1.165, 1.54) is 16.8 Å². The van der Waals surface area contributed by atoms with Crippen LogP contribution in [0.1, 0.15) is 53.5 Å². The first-order chi connectivity index (χ1) is 10.2. The smallest absolute Gasteiger partial charge is 0.0384 e. The predicted octanol–water partition coefficient (Wildman–Crippen LogP) is 6.21. The van der Waals surface area contributed by atoms with Crippen molar-refractivity contribution >= 4 is 5.69 Å². The van der Waals surface area contributed by atoms with Crippen molar-refractivity contribution in [2.24, 2.45) is 5.41 Å². The molecule has 2 rings (SSSR count). The van der Waals surface area contributed by atoms with E-state index >= 15 is 0 Å². The summed E-state index contributed by atoms with van der Waals surface area (Å²) in [5.41, 5.74) is 5.46. The summed E-state index contributed by atoms with van der Waals surface area (Å²) >= 11 is 0. The molecule has 0 saturated heterocycles. The number of anilines is 1. The van der Waals surface area contributed by atoms with E-state index in [0.29, 0.717) is 0 Å². The van der Waals surface area contributed by atoms with Gasteiger partial charge in [-0.25, -0.2) is 0 Å². The Kier molecular flexibility index (Phi) is 4.65. The van der Waals surface area contributed by atoms with E-state index in [9.17, 15) is 0 Å². The van der Waals surface area contributed by atoms with Crippen LogP contribution in [-0.4, -0.2) is 0 Å². The molecule has 1 aliphatic carbocycles. The lowest BCUT2D eigenvalue weighted by Gasteiger charge is -2.20. The van der Waals surface area contributed by atoms with Crippen LogP contribution in [0.2, 0.25) is 0 Å². The van der Waals surface area contributed by atoms with Gasteiger partial charge in [-0.2, -0.15) is 0 Å². The first-order valence-electron chi connectivity index (χ1n) is 8.13. The molecule has 0 bridgehead atoms. The molecule has 0 unspecified atom stereocenters. The van der Waals surface area contributed by atoms with Crippen LogP contribution >= 0.6 is 0 Å². The quantitative estimate of drug-likeness (QED) is 0.683. The molecule has 0 aromatic heterocycles. The minimum atomic E-state index is 0.200. The van der Waals surface area contributed by atoms with Crippen LogP contribution in [0.5, 0.6) is 0 Å². The average Bonchev–Trinajstić information content (AvgIpc) is 2.63. The molecule has 1 nitrogen and oxygen atoms in total. The highest BCUT2D eigenvalue weighted by molar-refractivity contribution is 5.53. The maximum absolute atomic E-state index is 3.51. The molecule has 1 heteroatoms. The monoisotopic (exact) mass is 295 g/mol. The second-order valence-corrected chi connectivity index (χ2v) is 8.09. The van der Waals surface area contributed by atoms with Crippen LogP contribution in [0.3, 0.4) is 0 Å². The third-order valence-electron chi connectivity index (χ3n) is 4.02. The number of benzene rings is 1. The lowest BCUT2D eigenvalue weighted by Crippen LogP contribution is -2.10. The molecule has 0 amide bonds. The number of nitrogens with one attached hydrogen (secondary N) is 1. The lowest BCUT2D eigenvalue weighted by atomic mass is 9.86. The normalized spacial score (nSPS) is 15.9. The molecule has 1 aliphatic rings. The first-order valence-corrected chi connectivity index (χ1v) is 8.13. The average molecular weight is 295 g/mol. The highest BCUT2D eigenvalue weighted by Gasteiger charge is 2.15. The number of hydrogen-bond acceptors (Lipinski definition) is 1. The van der Waals surface area contributed by atoms with E-state index in [0.717, 1.165) is 12.1 Å². The maximum atomic E-state index is 3.51. The summed E-state index contributed by atoms with van der Waals surface area (Å²) in [6, 6.07) is 8.75. The maximum Gasteiger partial charge on any atom is 0.0384 e. The van der Waals surface area contributed by atoms with Crippen LogP contribution in [0.4, 0.5) is 5.69 Å². The molecule has 0 saturated carbocycles. The van der Waals surface area contributed by atoms with Gasteiger partial charge in [0.1, 0.15) is 0 Å². The first kappa shape index (κ1) is 16.6. The Morgan fingerprint density at radius 3 is 1.95 bits per heavy atom. The summed E-state index contributed by atoms with van der Waals surface area (Å²) in [6.45, 7) is 13.5. The molecule has 0 radical (unpaired) electrons. The SMILES string of the molecule is CC(C)(C)C1=CCC=C(Nc2ccc(C(C)(C)C)cc2)C=C1. The van der Waals surface area contributed by atoms with Gasteiger partial charge in [-0.15, -0.1) is 0 Å². The fraction of sp³-hybridized carbons (Fsp3) is 0.429. The van der Waals surface area contributed by atoms with Crippen molar-refractivity contribution in [2.45, 2.75) is 53.4 Å².